The van der Waals surface area contributed by atoms with Gasteiger partial charge in [-0.05, 0) is 36.6 Å². The first-order chi connectivity index (χ1) is 12.1. The Labute approximate surface area is 153 Å². The molecule has 126 valence electrons. The van der Waals surface area contributed by atoms with Crippen LogP contribution in [0.25, 0.3) is 11.6 Å². The third kappa shape index (κ3) is 3.83. The first kappa shape index (κ1) is 17.4. The van der Waals surface area contributed by atoms with Crippen LogP contribution in [0.1, 0.15) is 18.4 Å². The van der Waals surface area contributed by atoms with Gasteiger partial charge >= 0.3 is 0 Å². The Hall–Kier alpha value is -2.38. The van der Waals surface area contributed by atoms with Crippen LogP contribution in [0.3, 0.4) is 0 Å². The van der Waals surface area contributed by atoms with E-state index in [1.165, 1.54) is 4.57 Å². The van der Waals surface area contributed by atoms with E-state index in [4.69, 9.17) is 16.3 Å². The van der Waals surface area contributed by atoms with Crippen molar-refractivity contribution in [3.8, 4) is 12.1 Å². The smallest absolute Gasteiger partial charge is 0.269 e. The van der Waals surface area contributed by atoms with Crippen LogP contribution in [0.15, 0.2) is 29.1 Å². The fraction of sp³-hybridized carbons (Fsp3) is 0.278. The third-order valence-corrected chi connectivity index (χ3v) is 5.31. The molecule has 0 bridgehead atoms. The number of thiazole rings is 1. The van der Waals surface area contributed by atoms with Crippen molar-refractivity contribution in [2.24, 2.45) is 0 Å². The molecule has 1 fully saturated rings. The average molecular weight is 372 g/mol. The van der Waals surface area contributed by atoms with Crippen molar-refractivity contribution >= 4 is 34.6 Å². The summed E-state index contributed by atoms with van der Waals surface area (Å²) in [6.07, 6.45) is 3.50. The number of ether oxygens (including phenoxy) is 1. The number of hydrogen-bond acceptors (Lipinski definition) is 5. The van der Waals surface area contributed by atoms with Gasteiger partial charge in [0.2, 0.25) is 0 Å². The summed E-state index contributed by atoms with van der Waals surface area (Å²) in [5.74, 6) is 0. The van der Waals surface area contributed by atoms with E-state index in [-0.39, 0.29) is 17.2 Å². The first-order valence-corrected chi connectivity index (χ1v) is 8.95. The molecule has 25 heavy (non-hydrogen) atoms. The minimum Gasteiger partial charge on any atom is -0.376 e. The molecule has 0 N–H and O–H groups in total. The SMILES string of the molecule is N#CC(C#N)=c1s/c(=C/c2ccc(Cl)cc2)c(=O)n1CC1CCCO1. The summed E-state index contributed by atoms with van der Waals surface area (Å²) in [5, 5.41) is 19.0. The summed E-state index contributed by atoms with van der Waals surface area (Å²) in [7, 11) is 0. The molecular weight excluding hydrogens is 358 g/mol. The maximum Gasteiger partial charge on any atom is 0.269 e. The quantitative estimate of drug-likeness (QED) is 0.823. The minimum atomic E-state index is -0.214. The lowest BCUT2D eigenvalue weighted by Crippen LogP contribution is -2.35. The zero-order valence-corrected chi connectivity index (χ0v) is 14.8. The van der Waals surface area contributed by atoms with Crippen LogP contribution in [0, 0.1) is 22.7 Å². The van der Waals surface area contributed by atoms with Crippen molar-refractivity contribution in [1.82, 2.24) is 4.57 Å². The minimum absolute atomic E-state index is 0.0594. The summed E-state index contributed by atoms with van der Waals surface area (Å²) in [6, 6.07) is 10.9. The Morgan fingerprint density at radius 2 is 2.08 bits per heavy atom. The summed E-state index contributed by atoms with van der Waals surface area (Å²) >= 11 is 7.03. The molecule has 0 saturated carbocycles. The van der Waals surface area contributed by atoms with Crippen LogP contribution in [0.2, 0.25) is 5.02 Å². The van der Waals surface area contributed by atoms with Gasteiger partial charge in [0.25, 0.3) is 5.56 Å². The van der Waals surface area contributed by atoms with Crippen molar-refractivity contribution in [3.05, 3.63) is 54.4 Å². The third-order valence-electron chi connectivity index (χ3n) is 3.92. The van der Waals surface area contributed by atoms with Crippen LogP contribution in [-0.2, 0) is 11.3 Å². The maximum atomic E-state index is 12.8. The van der Waals surface area contributed by atoms with E-state index in [0.29, 0.717) is 27.4 Å². The van der Waals surface area contributed by atoms with Crippen LogP contribution >= 0.6 is 22.9 Å². The fourth-order valence-electron chi connectivity index (χ4n) is 2.69. The standard InChI is InChI=1S/C18H14ClN3O2S/c19-14-5-3-12(4-6-14)8-16-17(23)22(11-15-2-1-7-24-15)18(25-16)13(9-20)10-21/h3-6,8,15H,1-2,7,11H2/b16-8+. The Balaban J connectivity index is 2.17. The molecule has 0 amide bonds. The molecule has 5 nitrogen and oxygen atoms in total. The highest BCUT2D eigenvalue weighted by atomic mass is 35.5. The predicted octanol–water partition coefficient (Wildman–Crippen LogP) is 1.77. The highest BCUT2D eigenvalue weighted by Crippen LogP contribution is 2.13. The molecule has 1 atom stereocenters. The number of hydrogen-bond donors (Lipinski definition) is 0. The molecule has 0 spiro atoms. The fourth-order valence-corrected chi connectivity index (χ4v) is 3.88. The lowest BCUT2D eigenvalue weighted by atomic mass is 10.2. The monoisotopic (exact) mass is 371 g/mol. The number of benzene rings is 1. The molecule has 7 heteroatoms. The van der Waals surface area contributed by atoms with Gasteiger partial charge in [0.1, 0.15) is 16.8 Å². The zero-order valence-electron chi connectivity index (χ0n) is 13.2. The van der Waals surface area contributed by atoms with E-state index in [9.17, 15) is 15.3 Å². The van der Waals surface area contributed by atoms with Gasteiger partial charge in [0.05, 0.1) is 17.2 Å². The number of nitrogens with zero attached hydrogens (tertiary/aromatic N) is 3. The number of rotatable bonds is 3. The number of halogens is 1. The topological polar surface area (TPSA) is 78.8 Å². The molecule has 0 aliphatic carbocycles. The second-order valence-corrected chi connectivity index (χ2v) is 7.08. The van der Waals surface area contributed by atoms with E-state index in [0.717, 1.165) is 29.7 Å². The van der Waals surface area contributed by atoms with Crippen molar-refractivity contribution in [2.45, 2.75) is 25.5 Å². The first-order valence-electron chi connectivity index (χ1n) is 7.75. The van der Waals surface area contributed by atoms with Gasteiger partial charge < -0.3 is 4.74 Å². The van der Waals surface area contributed by atoms with E-state index < -0.39 is 0 Å². The Bertz CT molecular complexity index is 1020. The Morgan fingerprint density at radius 1 is 1.36 bits per heavy atom. The Kier molecular flexibility index (Phi) is 5.35. The molecule has 1 aliphatic rings. The van der Waals surface area contributed by atoms with Gasteiger partial charge in [-0.1, -0.05) is 23.7 Å². The van der Waals surface area contributed by atoms with E-state index >= 15 is 0 Å². The van der Waals surface area contributed by atoms with Crippen LogP contribution in [-0.4, -0.2) is 17.3 Å². The van der Waals surface area contributed by atoms with Crippen molar-refractivity contribution in [3.63, 3.8) is 0 Å². The summed E-state index contributed by atoms with van der Waals surface area (Å²) in [4.78, 5) is 12.8. The predicted molar refractivity (Wildman–Crippen MR) is 96.5 cm³/mol. The van der Waals surface area contributed by atoms with Gasteiger partial charge in [0, 0.05) is 11.6 Å². The van der Waals surface area contributed by atoms with E-state index in [1.54, 1.807) is 18.2 Å². The molecule has 1 aliphatic heterocycles. The summed E-state index contributed by atoms with van der Waals surface area (Å²) < 4.78 is 7.94. The average Bonchev–Trinajstić information content (AvgIpc) is 3.23. The maximum absolute atomic E-state index is 12.8. The molecular formula is C18H14ClN3O2S. The molecule has 1 aromatic heterocycles. The van der Waals surface area contributed by atoms with Gasteiger partial charge in [-0.15, -0.1) is 11.3 Å². The molecule has 2 aromatic rings. The van der Waals surface area contributed by atoms with Gasteiger partial charge in [-0.2, -0.15) is 10.5 Å². The Morgan fingerprint density at radius 3 is 2.68 bits per heavy atom. The second kappa shape index (κ2) is 7.67. The molecule has 1 aromatic carbocycles. The number of aromatic nitrogens is 1. The van der Waals surface area contributed by atoms with Crippen molar-refractivity contribution < 1.29 is 4.74 Å². The van der Waals surface area contributed by atoms with Crippen molar-refractivity contribution in [2.75, 3.05) is 6.61 Å². The van der Waals surface area contributed by atoms with Crippen LogP contribution in [0.5, 0.6) is 0 Å². The van der Waals surface area contributed by atoms with E-state index in [1.807, 2.05) is 24.3 Å². The van der Waals surface area contributed by atoms with Gasteiger partial charge in [-0.25, -0.2) is 0 Å². The second-order valence-electron chi connectivity index (χ2n) is 5.62. The molecule has 3 rings (SSSR count). The van der Waals surface area contributed by atoms with Gasteiger partial charge in [-0.3, -0.25) is 9.36 Å². The molecule has 2 heterocycles. The molecule has 1 unspecified atom stereocenters. The van der Waals surface area contributed by atoms with Crippen LogP contribution in [0.4, 0.5) is 0 Å². The summed E-state index contributed by atoms with van der Waals surface area (Å²) in [5.41, 5.74) is 0.554. The summed E-state index contributed by atoms with van der Waals surface area (Å²) in [6.45, 7) is 1.03. The van der Waals surface area contributed by atoms with Gasteiger partial charge in [0.15, 0.2) is 5.57 Å². The highest BCUT2D eigenvalue weighted by Gasteiger charge is 2.19. The number of nitriles is 2. The lowest BCUT2D eigenvalue weighted by Gasteiger charge is -2.09. The zero-order chi connectivity index (χ0) is 17.8. The highest BCUT2D eigenvalue weighted by molar-refractivity contribution is 7.07. The lowest BCUT2D eigenvalue weighted by molar-refractivity contribution is 0.0959. The van der Waals surface area contributed by atoms with E-state index in [2.05, 4.69) is 0 Å². The largest absolute Gasteiger partial charge is 0.376 e. The normalized spacial score (nSPS) is 17.2. The molecule has 0 radical (unpaired) electrons. The van der Waals surface area contributed by atoms with Crippen LogP contribution < -0.4 is 14.8 Å². The molecule has 1 saturated heterocycles. The van der Waals surface area contributed by atoms with Crippen molar-refractivity contribution in [1.29, 1.82) is 10.5 Å².